The van der Waals surface area contributed by atoms with Crippen molar-refractivity contribution in [1.29, 1.82) is 0 Å². The molecule has 3 aliphatic heterocycles. The van der Waals surface area contributed by atoms with Crippen molar-refractivity contribution < 1.29 is 14.0 Å². The number of nitrogens with zero attached hydrogens (tertiary/aromatic N) is 1. The molecule has 0 radical (unpaired) electrons. The number of hydrogen-bond acceptors (Lipinski definition) is 2. The first-order valence-corrected chi connectivity index (χ1v) is 8.89. The van der Waals surface area contributed by atoms with Crippen LogP contribution in [0.25, 0.3) is 0 Å². The van der Waals surface area contributed by atoms with Gasteiger partial charge in [-0.05, 0) is 12.1 Å². The maximum atomic E-state index is 12.4. The molecule has 0 saturated carbocycles. The number of esters is 1. The SMILES string of the molecule is O=C(OC1C[N+]2(Cc3ccccc3)CCC1CC2)c1ccccc1. The van der Waals surface area contributed by atoms with Crippen LogP contribution < -0.4 is 0 Å². The standard InChI is InChI=1S/C21H24NO2/c23-21(19-9-5-2-6-10-19)24-20-16-22(13-11-18(20)12-14-22)15-17-7-3-1-4-8-17/h1-10,18,20H,11-16H2/q+1. The zero-order valence-corrected chi connectivity index (χ0v) is 13.9. The number of ether oxygens (including phenoxy) is 1. The first kappa shape index (κ1) is 15.4. The molecule has 3 heterocycles. The van der Waals surface area contributed by atoms with Crippen molar-refractivity contribution in [1.82, 2.24) is 0 Å². The van der Waals surface area contributed by atoms with E-state index >= 15 is 0 Å². The van der Waals surface area contributed by atoms with E-state index in [1.54, 1.807) is 0 Å². The number of benzene rings is 2. The third kappa shape index (κ3) is 3.09. The molecule has 0 spiro atoms. The summed E-state index contributed by atoms with van der Waals surface area (Å²) in [4.78, 5) is 12.4. The fourth-order valence-electron chi connectivity index (χ4n) is 4.33. The lowest BCUT2D eigenvalue weighted by atomic mass is 9.83. The largest absolute Gasteiger partial charge is 0.452 e. The highest BCUT2D eigenvalue weighted by atomic mass is 16.5. The molecule has 24 heavy (non-hydrogen) atoms. The number of hydrogen-bond donors (Lipinski definition) is 0. The second kappa shape index (κ2) is 6.40. The Morgan fingerprint density at radius 1 is 0.958 bits per heavy atom. The maximum absolute atomic E-state index is 12.4. The first-order valence-electron chi connectivity index (χ1n) is 8.89. The van der Waals surface area contributed by atoms with E-state index in [-0.39, 0.29) is 12.1 Å². The molecule has 3 saturated heterocycles. The molecular weight excluding hydrogens is 298 g/mol. The zero-order chi connectivity index (χ0) is 16.4. The first-order chi connectivity index (χ1) is 11.7. The Bertz CT molecular complexity index is 690. The third-order valence-electron chi connectivity index (χ3n) is 5.67. The van der Waals surface area contributed by atoms with Crippen LogP contribution in [0.2, 0.25) is 0 Å². The van der Waals surface area contributed by atoms with Gasteiger partial charge in [0.25, 0.3) is 0 Å². The number of rotatable bonds is 4. The van der Waals surface area contributed by atoms with Gasteiger partial charge < -0.3 is 9.22 Å². The van der Waals surface area contributed by atoms with Crippen LogP contribution in [-0.4, -0.2) is 36.2 Å². The van der Waals surface area contributed by atoms with Crippen LogP contribution in [0, 0.1) is 5.92 Å². The van der Waals surface area contributed by atoms with Gasteiger partial charge >= 0.3 is 5.97 Å². The number of carbonyl (C=O) groups excluding carboxylic acids is 1. The van der Waals surface area contributed by atoms with Gasteiger partial charge in [-0.15, -0.1) is 0 Å². The molecule has 2 aromatic carbocycles. The summed E-state index contributed by atoms with van der Waals surface area (Å²) in [6.45, 7) is 4.42. The Kier molecular flexibility index (Phi) is 4.11. The van der Waals surface area contributed by atoms with Crippen LogP contribution in [0.5, 0.6) is 0 Å². The number of carbonyl (C=O) groups is 1. The number of quaternary nitrogens is 1. The van der Waals surface area contributed by atoms with Crippen LogP contribution in [-0.2, 0) is 11.3 Å². The highest BCUT2D eigenvalue weighted by Crippen LogP contribution is 2.37. The van der Waals surface area contributed by atoms with Crippen LogP contribution in [0.4, 0.5) is 0 Å². The van der Waals surface area contributed by atoms with Crippen LogP contribution in [0.15, 0.2) is 60.7 Å². The summed E-state index contributed by atoms with van der Waals surface area (Å²) in [5, 5.41) is 0. The molecule has 0 N–H and O–H groups in total. The predicted molar refractivity (Wildman–Crippen MR) is 93.4 cm³/mol. The molecule has 3 heteroatoms. The lowest BCUT2D eigenvalue weighted by Crippen LogP contribution is -2.63. The van der Waals surface area contributed by atoms with E-state index in [1.807, 2.05) is 30.3 Å². The quantitative estimate of drug-likeness (QED) is 0.634. The normalized spacial score (nSPS) is 28.5. The summed E-state index contributed by atoms with van der Waals surface area (Å²) in [5.41, 5.74) is 2.04. The fraction of sp³-hybridized carbons (Fsp3) is 0.381. The summed E-state index contributed by atoms with van der Waals surface area (Å²) in [7, 11) is 0. The Morgan fingerprint density at radius 3 is 2.25 bits per heavy atom. The molecule has 1 atom stereocenters. The van der Waals surface area contributed by atoms with E-state index < -0.39 is 0 Å². The van der Waals surface area contributed by atoms with Crippen LogP contribution >= 0.6 is 0 Å². The minimum absolute atomic E-state index is 0.0592. The molecule has 3 fully saturated rings. The summed E-state index contributed by atoms with van der Waals surface area (Å²) in [6, 6.07) is 20.1. The predicted octanol–water partition coefficient (Wildman–Crippen LogP) is 3.65. The second-order valence-corrected chi connectivity index (χ2v) is 7.26. The second-order valence-electron chi connectivity index (χ2n) is 7.26. The van der Waals surface area contributed by atoms with Crippen molar-refractivity contribution in [3.63, 3.8) is 0 Å². The highest BCUT2D eigenvalue weighted by molar-refractivity contribution is 5.89. The van der Waals surface area contributed by atoms with Crippen molar-refractivity contribution in [2.45, 2.75) is 25.5 Å². The molecule has 124 valence electrons. The molecule has 0 aliphatic carbocycles. The molecule has 0 amide bonds. The van der Waals surface area contributed by atoms with Gasteiger partial charge in [0.05, 0.1) is 18.7 Å². The summed E-state index contributed by atoms with van der Waals surface area (Å²) < 4.78 is 6.98. The summed E-state index contributed by atoms with van der Waals surface area (Å²) in [5.74, 6) is 0.362. The van der Waals surface area contributed by atoms with Crippen molar-refractivity contribution in [2.75, 3.05) is 19.6 Å². The Hall–Kier alpha value is -2.13. The van der Waals surface area contributed by atoms with Crippen molar-refractivity contribution in [2.24, 2.45) is 5.92 Å². The topological polar surface area (TPSA) is 26.3 Å². The molecule has 3 nitrogen and oxygen atoms in total. The molecule has 5 rings (SSSR count). The van der Waals surface area contributed by atoms with E-state index in [2.05, 4.69) is 30.3 Å². The van der Waals surface area contributed by atoms with Gasteiger partial charge in [-0.1, -0.05) is 48.5 Å². The summed E-state index contributed by atoms with van der Waals surface area (Å²) >= 11 is 0. The van der Waals surface area contributed by atoms with Gasteiger partial charge in [0, 0.05) is 24.3 Å². The van der Waals surface area contributed by atoms with E-state index in [4.69, 9.17) is 4.74 Å². The average Bonchev–Trinajstić information content (AvgIpc) is 2.64. The monoisotopic (exact) mass is 322 g/mol. The van der Waals surface area contributed by atoms with Crippen molar-refractivity contribution in [3.8, 4) is 0 Å². The van der Waals surface area contributed by atoms with Crippen molar-refractivity contribution in [3.05, 3.63) is 71.8 Å². The molecule has 2 aromatic rings. The molecule has 2 bridgehead atoms. The van der Waals surface area contributed by atoms with Gasteiger partial charge in [0.1, 0.15) is 13.1 Å². The van der Waals surface area contributed by atoms with E-state index in [0.717, 1.165) is 17.6 Å². The smallest absolute Gasteiger partial charge is 0.338 e. The number of piperidine rings is 3. The molecular formula is C21H24NO2+. The van der Waals surface area contributed by atoms with Crippen LogP contribution in [0.1, 0.15) is 28.8 Å². The molecule has 1 unspecified atom stereocenters. The van der Waals surface area contributed by atoms with E-state index in [0.29, 0.717) is 11.5 Å². The Morgan fingerprint density at radius 2 is 1.58 bits per heavy atom. The Labute approximate surface area is 143 Å². The minimum Gasteiger partial charge on any atom is -0.452 e. The van der Waals surface area contributed by atoms with E-state index in [9.17, 15) is 4.79 Å². The summed E-state index contributed by atoms with van der Waals surface area (Å²) in [6.07, 6.45) is 2.39. The van der Waals surface area contributed by atoms with Gasteiger partial charge in [-0.3, -0.25) is 0 Å². The molecule has 3 aliphatic rings. The minimum atomic E-state index is -0.174. The lowest BCUT2D eigenvalue weighted by Gasteiger charge is -2.52. The third-order valence-corrected chi connectivity index (χ3v) is 5.67. The van der Waals surface area contributed by atoms with Gasteiger partial charge in [-0.25, -0.2) is 4.79 Å². The van der Waals surface area contributed by atoms with E-state index in [1.165, 1.54) is 31.5 Å². The van der Waals surface area contributed by atoms with Gasteiger partial charge in [-0.2, -0.15) is 0 Å². The lowest BCUT2D eigenvalue weighted by molar-refractivity contribution is -0.958. The zero-order valence-electron chi connectivity index (χ0n) is 13.9. The van der Waals surface area contributed by atoms with Crippen molar-refractivity contribution >= 4 is 5.97 Å². The van der Waals surface area contributed by atoms with Crippen LogP contribution in [0.3, 0.4) is 0 Å². The van der Waals surface area contributed by atoms with Gasteiger partial charge in [0.15, 0.2) is 6.10 Å². The fourth-order valence-corrected chi connectivity index (χ4v) is 4.33. The molecule has 0 aromatic heterocycles. The highest BCUT2D eigenvalue weighted by Gasteiger charge is 2.47. The number of fused-ring (bicyclic) bond motifs is 3. The average molecular weight is 322 g/mol. The Balaban J connectivity index is 1.47. The maximum Gasteiger partial charge on any atom is 0.338 e. The van der Waals surface area contributed by atoms with Gasteiger partial charge in [0.2, 0.25) is 0 Å².